The van der Waals surface area contributed by atoms with Crippen molar-refractivity contribution in [3.63, 3.8) is 0 Å². The van der Waals surface area contributed by atoms with Crippen LogP contribution < -0.4 is 11.1 Å². The van der Waals surface area contributed by atoms with E-state index < -0.39 is 12.1 Å². The molecule has 1 heterocycles. The summed E-state index contributed by atoms with van der Waals surface area (Å²) >= 11 is 0. The zero-order valence-corrected chi connectivity index (χ0v) is 15.6. The zero-order chi connectivity index (χ0) is 19.4. The lowest BCUT2D eigenvalue weighted by Crippen LogP contribution is -2.50. The van der Waals surface area contributed by atoms with Gasteiger partial charge in [-0.15, -0.1) is 0 Å². The normalized spacial score (nSPS) is 21.2. The molecule has 0 aromatic heterocycles. The molecule has 3 atom stereocenters. The summed E-state index contributed by atoms with van der Waals surface area (Å²) in [5.41, 5.74) is 8.78. The molecule has 3 N–H and O–H groups in total. The average Bonchev–Trinajstić information content (AvgIpc) is 2.81. The molecule has 0 saturated carbocycles. The molecule has 0 spiro atoms. The van der Waals surface area contributed by atoms with Crippen LogP contribution in [0.3, 0.4) is 0 Å². The molecular weight excluding hydrogens is 338 g/mol. The van der Waals surface area contributed by atoms with E-state index in [1.807, 2.05) is 60.7 Å². The summed E-state index contributed by atoms with van der Waals surface area (Å²) in [5, 5.41) is 2.81. The molecule has 2 amide bonds. The van der Waals surface area contributed by atoms with Crippen molar-refractivity contribution < 1.29 is 9.59 Å². The van der Waals surface area contributed by atoms with E-state index in [-0.39, 0.29) is 17.9 Å². The largest absolute Gasteiger partial charge is 0.343 e. The highest BCUT2D eigenvalue weighted by Crippen LogP contribution is 2.32. The molecule has 1 aliphatic heterocycles. The summed E-state index contributed by atoms with van der Waals surface area (Å²) in [6, 6.07) is 18.3. The number of hydrogen-bond donors (Lipinski definition) is 2. The summed E-state index contributed by atoms with van der Waals surface area (Å²) < 4.78 is 0. The number of hydrogen-bond acceptors (Lipinski definition) is 3. The fraction of sp³-hybridized carbons (Fsp3) is 0.273. The molecule has 5 nitrogen and oxygen atoms in total. The van der Waals surface area contributed by atoms with E-state index in [1.165, 1.54) is 0 Å². The van der Waals surface area contributed by atoms with Gasteiger partial charge in [0.15, 0.2) is 0 Å². The molecule has 0 saturated heterocycles. The van der Waals surface area contributed by atoms with Gasteiger partial charge >= 0.3 is 0 Å². The minimum absolute atomic E-state index is 0.125. The zero-order valence-electron chi connectivity index (χ0n) is 15.6. The van der Waals surface area contributed by atoms with E-state index >= 15 is 0 Å². The van der Waals surface area contributed by atoms with Gasteiger partial charge in [0.25, 0.3) is 0 Å². The second kappa shape index (κ2) is 8.18. The van der Waals surface area contributed by atoms with E-state index in [9.17, 15) is 9.59 Å². The number of nitrogens with zero attached hydrogens (tertiary/aromatic N) is 1. The van der Waals surface area contributed by atoms with Gasteiger partial charge in [-0.2, -0.15) is 0 Å². The van der Waals surface area contributed by atoms with Crippen molar-refractivity contribution in [2.75, 3.05) is 7.05 Å². The third kappa shape index (κ3) is 4.26. The first-order chi connectivity index (χ1) is 13.0. The van der Waals surface area contributed by atoms with Gasteiger partial charge in [0.2, 0.25) is 11.8 Å². The molecule has 140 valence electrons. The van der Waals surface area contributed by atoms with Gasteiger partial charge < -0.3 is 16.0 Å². The van der Waals surface area contributed by atoms with Crippen LogP contribution in [-0.2, 0) is 9.59 Å². The molecule has 2 aromatic rings. The highest BCUT2D eigenvalue weighted by Gasteiger charge is 2.33. The SMILES string of the molecule is C[C@H](N)C(=O)N[C@H]1CC(c2ccccc2)=C[C@H](c2ccccc2)N(C)C1=O. The average molecular weight is 363 g/mol. The van der Waals surface area contributed by atoms with Crippen molar-refractivity contribution >= 4 is 17.4 Å². The van der Waals surface area contributed by atoms with Gasteiger partial charge in [-0.25, -0.2) is 0 Å². The van der Waals surface area contributed by atoms with Gasteiger partial charge in [-0.3, -0.25) is 9.59 Å². The van der Waals surface area contributed by atoms with Crippen molar-refractivity contribution in [1.29, 1.82) is 0 Å². The standard InChI is InChI=1S/C22H25N3O2/c1-15(23)21(26)24-19-13-18(16-9-5-3-6-10-16)14-20(25(2)22(19)27)17-11-7-4-8-12-17/h3-12,14-15,19-20H,13,23H2,1-2H3,(H,24,26)/t15-,19-,20+/m0/s1. The van der Waals surface area contributed by atoms with Crippen LogP contribution in [0.4, 0.5) is 0 Å². The Labute approximate surface area is 159 Å². The lowest BCUT2D eigenvalue weighted by atomic mass is 9.96. The Hall–Kier alpha value is -2.92. The maximum absolute atomic E-state index is 13.1. The summed E-state index contributed by atoms with van der Waals surface area (Å²) in [6.07, 6.45) is 2.54. The molecular formula is C22H25N3O2. The second-order valence-electron chi connectivity index (χ2n) is 6.92. The van der Waals surface area contributed by atoms with Crippen LogP contribution in [0.2, 0.25) is 0 Å². The molecule has 2 aromatic carbocycles. The second-order valence-corrected chi connectivity index (χ2v) is 6.92. The van der Waals surface area contributed by atoms with Crippen LogP contribution in [0.15, 0.2) is 66.7 Å². The van der Waals surface area contributed by atoms with Gasteiger partial charge in [-0.1, -0.05) is 66.7 Å². The lowest BCUT2D eigenvalue weighted by molar-refractivity contribution is -0.136. The predicted molar refractivity (Wildman–Crippen MR) is 107 cm³/mol. The van der Waals surface area contributed by atoms with Crippen LogP contribution >= 0.6 is 0 Å². The van der Waals surface area contributed by atoms with Crippen LogP contribution in [-0.4, -0.2) is 35.8 Å². The van der Waals surface area contributed by atoms with E-state index in [2.05, 4.69) is 11.4 Å². The van der Waals surface area contributed by atoms with E-state index in [0.29, 0.717) is 6.42 Å². The molecule has 0 fully saturated rings. The van der Waals surface area contributed by atoms with Crippen molar-refractivity contribution in [1.82, 2.24) is 10.2 Å². The quantitative estimate of drug-likeness (QED) is 0.876. The van der Waals surface area contributed by atoms with Crippen molar-refractivity contribution in [2.24, 2.45) is 5.73 Å². The Balaban J connectivity index is 2.02. The summed E-state index contributed by atoms with van der Waals surface area (Å²) in [6.45, 7) is 1.61. The Bertz CT molecular complexity index is 831. The Morgan fingerprint density at radius 1 is 1.11 bits per heavy atom. The molecule has 0 radical (unpaired) electrons. The van der Waals surface area contributed by atoms with Crippen LogP contribution in [0.1, 0.15) is 30.5 Å². The topological polar surface area (TPSA) is 75.4 Å². The Kier molecular flexibility index (Phi) is 5.72. The van der Waals surface area contributed by atoms with E-state index in [1.54, 1.807) is 18.9 Å². The number of rotatable bonds is 4. The van der Waals surface area contributed by atoms with Gasteiger partial charge in [-0.05, 0) is 23.6 Å². The van der Waals surface area contributed by atoms with E-state index in [4.69, 9.17) is 5.73 Å². The molecule has 3 rings (SSSR count). The van der Waals surface area contributed by atoms with Gasteiger partial charge in [0.05, 0.1) is 12.1 Å². The maximum Gasteiger partial charge on any atom is 0.245 e. The first-order valence-corrected chi connectivity index (χ1v) is 9.11. The maximum atomic E-state index is 13.1. The summed E-state index contributed by atoms with van der Waals surface area (Å²) in [7, 11) is 1.77. The Morgan fingerprint density at radius 2 is 1.70 bits per heavy atom. The first-order valence-electron chi connectivity index (χ1n) is 9.11. The third-order valence-corrected chi connectivity index (χ3v) is 4.86. The smallest absolute Gasteiger partial charge is 0.245 e. The number of nitrogens with one attached hydrogen (secondary N) is 1. The van der Waals surface area contributed by atoms with Crippen LogP contribution in [0.25, 0.3) is 5.57 Å². The van der Waals surface area contributed by atoms with Crippen LogP contribution in [0, 0.1) is 0 Å². The van der Waals surface area contributed by atoms with Crippen molar-refractivity contribution in [3.05, 3.63) is 77.9 Å². The molecule has 0 bridgehead atoms. The number of nitrogens with two attached hydrogens (primary N) is 1. The van der Waals surface area contributed by atoms with Crippen molar-refractivity contribution in [2.45, 2.75) is 31.5 Å². The van der Waals surface area contributed by atoms with Crippen molar-refractivity contribution in [3.8, 4) is 0 Å². The Morgan fingerprint density at radius 3 is 2.30 bits per heavy atom. The number of carbonyl (C=O) groups excluding carboxylic acids is 2. The number of likely N-dealkylation sites (N-methyl/N-ethyl adjacent to an activating group) is 1. The van der Waals surface area contributed by atoms with Gasteiger partial charge in [0.1, 0.15) is 6.04 Å². The van der Waals surface area contributed by atoms with Crippen LogP contribution in [0.5, 0.6) is 0 Å². The first kappa shape index (κ1) is 18.9. The molecule has 0 unspecified atom stereocenters. The molecule has 0 aliphatic carbocycles. The highest BCUT2D eigenvalue weighted by molar-refractivity contribution is 5.92. The number of carbonyl (C=O) groups is 2. The number of benzene rings is 2. The summed E-state index contributed by atoms with van der Waals surface area (Å²) in [5.74, 6) is -0.452. The predicted octanol–water partition coefficient (Wildman–Crippen LogP) is 2.51. The number of amides is 2. The third-order valence-electron chi connectivity index (χ3n) is 4.86. The highest BCUT2D eigenvalue weighted by atomic mass is 16.2. The van der Waals surface area contributed by atoms with Gasteiger partial charge in [0, 0.05) is 13.5 Å². The van der Waals surface area contributed by atoms with E-state index in [0.717, 1.165) is 16.7 Å². The molecule has 1 aliphatic rings. The fourth-order valence-electron chi connectivity index (χ4n) is 3.31. The summed E-state index contributed by atoms with van der Waals surface area (Å²) in [4.78, 5) is 26.9. The monoisotopic (exact) mass is 363 g/mol. The fourth-order valence-corrected chi connectivity index (χ4v) is 3.31. The molecule has 5 heteroatoms. The lowest BCUT2D eigenvalue weighted by Gasteiger charge is -2.28. The minimum atomic E-state index is -0.666. The molecule has 27 heavy (non-hydrogen) atoms. The minimum Gasteiger partial charge on any atom is -0.343 e.